The third-order valence-corrected chi connectivity index (χ3v) is 6.80. The molecular formula is C30H27N7O2. The number of hydrogen-bond donors (Lipinski definition) is 2. The van der Waals surface area contributed by atoms with Gasteiger partial charge in [-0.1, -0.05) is 36.4 Å². The molecule has 1 aliphatic heterocycles. The number of amides is 2. The summed E-state index contributed by atoms with van der Waals surface area (Å²) >= 11 is 0. The molecule has 39 heavy (non-hydrogen) atoms. The van der Waals surface area contributed by atoms with Crippen LogP contribution in [0.1, 0.15) is 33.7 Å². The molecule has 2 aromatic carbocycles. The number of nitrogens with zero attached hydrogens (tertiary/aromatic N) is 5. The van der Waals surface area contributed by atoms with Gasteiger partial charge in [0, 0.05) is 54.5 Å². The van der Waals surface area contributed by atoms with Crippen molar-refractivity contribution in [2.75, 3.05) is 18.4 Å². The van der Waals surface area contributed by atoms with Crippen LogP contribution in [-0.2, 0) is 0 Å². The summed E-state index contributed by atoms with van der Waals surface area (Å²) in [5.41, 5.74) is 4.36. The van der Waals surface area contributed by atoms with Crippen molar-refractivity contribution in [1.82, 2.24) is 29.6 Å². The van der Waals surface area contributed by atoms with Gasteiger partial charge in [0.05, 0.1) is 5.69 Å². The van der Waals surface area contributed by atoms with E-state index in [0.29, 0.717) is 43.1 Å². The van der Waals surface area contributed by atoms with Crippen LogP contribution in [-0.4, -0.2) is 55.2 Å². The van der Waals surface area contributed by atoms with Crippen molar-refractivity contribution >= 4 is 29.1 Å². The number of imidazole rings is 1. The number of fused-ring (bicyclic) bond motifs is 1. The first-order chi connectivity index (χ1) is 19.1. The summed E-state index contributed by atoms with van der Waals surface area (Å²) in [6, 6.07) is 24.6. The van der Waals surface area contributed by atoms with Gasteiger partial charge in [-0.05, 0) is 55.3 Å². The SMILES string of the molecule is O=C(NC1CCN(C(=O)c2cccc(-c3cn4ccccc4n3)c2)CC1)c1ccnc(Nc2ccccc2)n1. The molecule has 0 aliphatic carbocycles. The second-order valence-corrected chi connectivity index (χ2v) is 9.47. The minimum atomic E-state index is -0.251. The number of rotatable bonds is 6. The summed E-state index contributed by atoms with van der Waals surface area (Å²) in [7, 11) is 0. The summed E-state index contributed by atoms with van der Waals surface area (Å²) < 4.78 is 1.96. The maximum absolute atomic E-state index is 13.3. The zero-order chi connectivity index (χ0) is 26.6. The third kappa shape index (κ3) is 5.47. The van der Waals surface area contributed by atoms with E-state index in [-0.39, 0.29) is 17.9 Å². The van der Waals surface area contributed by atoms with Crippen molar-refractivity contribution in [3.8, 4) is 11.3 Å². The van der Waals surface area contributed by atoms with Crippen molar-refractivity contribution in [1.29, 1.82) is 0 Å². The molecule has 1 fully saturated rings. The van der Waals surface area contributed by atoms with Gasteiger partial charge in [0.15, 0.2) is 0 Å². The normalized spacial score (nSPS) is 13.8. The zero-order valence-corrected chi connectivity index (χ0v) is 21.2. The molecule has 6 rings (SSSR count). The summed E-state index contributed by atoms with van der Waals surface area (Å²) in [6.07, 6.45) is 6.82. The molecule has 2 amide bonds. The Morgan fingerprint density at radius 2 is 1.69 bits per heavy atom. The maximum Gasteiger partial charge on any atom is 0.270 e. The highest BCUT2D eigenvalue weighted by Gasteiger charge is 2.25. The number of anilines is 2. The fourth-order valence-electron chi connectivity index (χ4n) is 4.75. The van der Waals surface area contributed by atoms with E-state index in [4.69, 9.17) is 0 Å². The van der Waals surface area contributed by atoms with Gasteiger partial charge in [0.2, 0.25) is 5.95 Å². The van der Waals surface area contributed by atoms with Gasteiger partial charge in [0.25, 0.3) is 11.8 Å². The Morgan fingerprint density at radius 3 is 2.51 bits per heavy atom. The van der Waals surface area contributed by atoms with Gasteiger partial charge >= 0.3 is 0 Å². The van der Waals surface area contributed by atoms with E-state index >= 15 is 0 Å². The van der Waals surface area contributed by atoms with Crippen molar-refractivity contribution in [3.05, 3.63) is 109 Å². The highest BCUT2D eigenvalue weighted by molar-refractivity contribution is 5.95. The molecule has 2 N–H and O–H groups in total. The van der Waals surface area contributed by atoms with Crippen LogP contribution in [0.2, 0.25) is 0 Å². The summed E-state index contributed by atoms with van der Waals surface area (Å²) in [5.74, 6) is 0.0939. The van der Waals surface area contributed by atoms with Gasteiger partial charge in [-0.3, -0.25) is 9.59 Å². The standard InChI is InChI=1S/C30H27N7O2/c38-28(25-12-15-31-30(35-25)33-23-9-2-1-3-10-23)32-24-13-17-36(18-14-24)29(39)22-8-6-7-21(19-22)26-20-37-16-5-4-11-27(37)34-26/h1-12,15-16,19-20,24H,13-14,17-18H2,(H,32,38)(H,31,33,35). The number of nitrogens with one attached hydrogen (secondary N) is 2. The first kappa shape index (κ1) is 24.3. The van der Waals surface area contributed by atoms with Gasteiger partial charge < -0.3 is 19.9 Å². The fraction of sp³-hybridized carbons (Fsp3) is 0.167. The van der Waals surface area contributed by atoms with Gasteiger partial charge in [-0.15, -0.1) is 0 Å². The molecular weight excluding hydrogens is 490 g/mol. The summed E-state index contributed by atoms with van der Waals surface area (Å²) in [5, 5.41) is 6.17. The molecule has 1 aliphatic rings. The van der Waals surface area contributed by atoms with Crippen LogP contribution in [0.5, 0.6) is 0 Å². The van der Waals surface area contributed by atoms with E-state index in [0.717, 1.165) is 22.6 Å². The average molecular weight is 518 g/mol. The molecule has 194 valence electrons. The molecule has 9 nitrogen and oxygen atoms in total. The Hall–Kier alpha value is -5.05. The Balaban J connectivity index is 1.06. The van der Waals surface area contributed by atoms with E-state index in [1.807, 2.05) is 94.5 Å². The molecule has 4 heterocycles. The lowest BCUT2D eigenvalue weighted by Gasteiger charge is -2.32. The number of likely N-dealkylation sites (tertiary alicyclic amines) is 1. The van der Waals surface area contributed by atoms with Crippen LogP contribution < -0.4 is 10.6 Å². The second-order valence-electron chi connectivity index (χ2n) is 9.47. The molecule has 0 radical (unpaired) electrons. The number of carbonyl (C=O) groups excluding carboxylic acids is 2. The lowest BCUT2D eigenvalue weighted by molar-refractivity contribution is 0.0697. The van der Waals surface area contributed by atoms with Crippen LogP contribution in [0.15, 0.2) is 97.5 Å². The number of piperidine rings is 1. The highest BCUT2D eigenvalue weighted by Crippen LogP contribution is 2.22. The molecule has 0 spiro atoms. The van der Waals surface area contributed by atoms with Gasteiger partial charge in [-0.2, -0.15) is 0 Å². The monoisotopic (exact) mass is 517 g/mol. The molecule has 3 aromatic heterocycles. The summed E-state index contributed by atoms with van der Waals surface area (Å²) in [6.45, 7) is 1.12. The minimum Gasteiger partial charge on any atom is -0.348 e. The van der Waals surface area contributed by atoms with Crippen LogP contribution in [0.4, 0.5) is 11.6 Å². The molecule has 0 unspecified atom stereocenters. The fourth-order valence-corrected chi connectivity index (χ4v) is 4.75. The molecule has 0 saturated carbocycles. The van der Waals surface area contributed by atoms with Gasteiger partial charge in [0.1, 0.15) is 11.3 Å². The predicted molar refractivity (Wildman–Crippen MR) is 149 cm³/mol. The quantitative estimate of drug-likeness (QED) is 0.342. The summed E-state index contributed by atoms with van der Waals surface area (Å²) in [4.78, 5) is 41.2. The molecule has 5 aromatic rings. The van der Waals surface area contributed by atoms with E-state index in [9.17, 15) is 9.59 Å². The van der Waals surface area contributed by atoms with Crippen molar-refractivity contribution in [2.45, 2.75) is 18.9 Å². The average Bonchev–Trinajstić information content (AvgIpc) is 3.43. The van der Waals surface area contributed by atoms with Crippen LogP contribution in [0, 0.1) is 0 Å². The second kappa shape index (κ2) is 10.7. The lowest BCUT2D eigenvalue weighted by Crippen LogP contribution is -2.46. The van der Waals surface area contributed by atoms with E-state index in [1.54, 1.807) is 12.3 Å². The topological polar surface area (TPSA) is 105 Å². The Kier molecular flexibility index (Phi) is 6.69. The molecule has 0 atom stereocenters. The predicted octanol–water partition coefficient (Wildman–Crippen LogP) is 4.57. The Morgan fingerprint density at radius 1 is 0.872 bits per heavy atom. The van der Waals surface area contributed by atoms with E-state index in [1.165, 1.54) is 0 Å². The number of benzene rings is 2. The third-order valence-electron chi connectivity index (χ3n) is 6.80. The number of pyridine rings is 1. The number of aromatic nitrogens is 4. The van der Waals surface area contributed by atoms with Crippen molar-refractivity contribution < 1.29 is 9.59 Å². The van der Waals surface area contributed by atoms with Crippen LogP contribution in [0.3, 0.4) is 0 Å². The highest BCUT2D eigenvalue weighted by atomic mass is 16.2. The van der Waals surface area contributed by atoms with Crippen LogP contribution >= 0.6 is 0 Å². The Labute approximate surface area is 225 Å². The van der Waals surface area contributed by atoms with E-state index < -0.39 is 0 Å². The zero-order valence-electron chi connectivity index (χ0n) is 21.2. The van der Waals surface area contributed by atoms with E-state index in [2.05, 4.69) is 25.6 Å². The number of carbonyl (C=O) groups is 2. The number of para-hydroxylation sites is 1. The minimum absolute atomic E-state index is 0.0159. The molecule has 0 bridgehead atoms. The first-order valence-electron chi connectivity index (χ1n) is 12.9. The molecule has 9 heteroatoms. The molecule has 1 saturated heterocycles. The Bertz CT molecular complexity index is 1590. The van der Waals surface area contributed by atoms with Gasteiger partial charge in [-0.25, -0.2) is 15.0 Å². The van der Waals surface area contributed by atoms with Crippen LogP contribution in [0.25, 0.3) is 16.9 Å². The van der Waals surface area contributed by atoms with Crippen molar-refractivity contribution in [2.24, 2.45) is 0 Å². The largest absolute Gasteiger partial charge is 0.348 e. The van der Waals surface area contributed by atoms with Crippen molar-refractivity contribution in [3.63, 3.8) is 0 Å². The lowest BCUT2D eigenvalue weighted by atomic mass is 10.0. The maximum atomic E-state index is 13.3. The first-order valence-corrected chi connectivity index (χ1v) is 12.9. The number of hydrogen-bond acceptors (Lipinski definition) is 6. The smallest absolute Gasteiger partial charge is 0.270 e.